The summed E-state index contributed by atoms with van der Waals surface area (Å²) in [7, 11) is 0. The highest BCUT2D eigenvalue weighted by Crippen LogP contribution is 2.23. The third-order valence-electron chi connectivity index (χ3n) is 1.72. The summed E-state index contributed by atoms with van der Waals surface area (Å²) in [5.41, 5.74) is 8.28. The van der Waals surface area contributed by atoms with Crippen molar-refractivity contribution in [1.29, 1.82) is 0 Å². The highest BCUT2D eigenvalue weighted by molar-refractivity contribution is 7.17. The second-order valence-electron chi connectivity index (χ2n) is 2.56. The maximum atomic E-state index is 5.71. The van der Waals surface area contributed by atoms with Crippen molar-refractivity contribution < 1.29 is 0 Å². The van der Waals surface area contributed by atoms with Gasteiger partial charge in [0.15, 0.2) is 0 Å². The monoisotopic (exact) mass is 179 g/mol. The molecule has 0 saturated heterocycles. The van der Waals surface area contributed by atoms with Gasteiger partial charge in [-0.15, -0.1) is 11.3 Å². The van der Waals surface area contributed by atoms with E-state index in [2.05, 4.69) is 16.9 Å². The first-order valence-corrected chi connectivity index (χ1v) is 4.68. The van der Waals surface area contributed by atoms with Crippen LogP contribution in [0.5, 0.6) is 0 Å². The van der Waals surface area contributed by atoms with Crippen molar-refractivity contribution in [1.82, 2.24) is 9.97 Å². The highest BCUT2D eigenvalue weighted by atomic mass is 32.1. The molecule has 62 valence electrons. The Bertz CT molecular complexity index is 408. The average Bonchev–Trinajstić information content (AvgIpc) is 2.47. The van der Waals surface area contributed by atoms with Crippen molar-refractivity contribution in [2.45, 2.75) is 13.3 Å². The molecule has 12 heavy (non-hydrogen) atoms. The Kier molecular flexibility index (Phi) is 1.69. The first-order valence-electron chi connectivity index (χ1n) is 3.80. The number of nitrogens with zero attached hydrogens (tertiary/aromatic N) is 2. The zero-order valence-corrected chi connectivity index (χ0v) is 7.56. The zero-order chi connectivity index (χ0) is 8.55. The largest absolute Gasteiger partial charge is 0.396 e. The van der Waals surface area contributed by atoms with E-state index < -0.39 is 0 Å². The van der Waals surface area contributed by atoms with Crippen molar-refractivity contribution in [3.8, 4) is 0 Å². The lowest BCUT2D eigenvalue weighted by Gasteiger charge is -1.94. The summed E-state index contributed by atoms with van der Waals surface area (Å²) in [5.74, 6) is 0. The minimum Gasteiger partial charge on any atom is -0.396 e. The topological polar surface area (TPSA) is 51.8 Å². The number of nitrogens with two attached hydrogens (primary N) is 1. The van der Waals surface area contributed by atoms with Gasteiger partial charge in [-0.3, -0.25) is 0 Å². The number of aryl methyl sites for hydroxylation is 1. The lowest BCUT2D eigenvalue weighted by molar-refractivity contribution is 1.03. The molecule has 0 radical (unpaired) electrons. The van der Waals surface area contributed by atoms with E-state index in [1.807, 2.05) is 5.38 Å². The molecule has 0 spiro atoms. The number of hydrogen-bond acceptors (Lipinski definition) is 4. The number of aromatic nitrogens is 2. The van der Waals surface area contributed by atoms with E-state index in [0.29, 0.717) is 0 Å². The van der Waals surface area contributed by atoms with Gasteiger partial charge in [0.25, 0.3) is 0 Å². The average molecular weight is 179 g/mol. The van der Waals surface area contributed by atoms with E-state index in [-0.39, 0.29) is 0 Å². The molecule has 0 fully saturated rings. The molecule has 0 unspecified atom stereocenters. The van der Waals surface area contributed by atoms with Gasteiger partial charge in [-0.1, -0.05) is 6.92 Å². The number of nitrogen functional groups attached to an aromatic ring is 1. The molecular weight excluding hydrogens is 170 g/mol. The van der Waals surface area contributed by atoms with Crippen LogP contribution in [0.3, 0.4) is 0 Å². The van der Waals surface area contributed by atoms with Gasteiger partial charge in [0, 0.05) is 5.38 Å². The molecule has 0 aliphatic heterocycles. The Morgan fingerprint density at radius 3 is 3.17 bits per heavy atom. The van der Waals surface area contributed by atoms with Crippen LogP contribution in [-0.2, 0) is 6.42 Å². The van der Waals surface area contributed by atoms with E-state index in [0.717, 1.165) is 28.1 Å². The molecule has 2 heterocycles. The summed E-state index contributed by atoms with van der Waals surface area (Å²) in [6, 6.07) is 0. The smallest absolute Gasteiger partial charge is 0.144 e. The minimum atomic E-state index is 0.734. The Labute approximate surface area is 74.3 Å². The van der Waals surface area contributed by atoms with Crippen molar-refractivity contribution in [3.05, 3.63) is 17.3 Å². The van der Waals surface area contributed by atoms with Crippen LogP contribution in [0.25, 0.3) is 10.3 Å². The van der Waals surface area contributed by atoms with Crippen LogP contribution in [0.1, 0.15) is 12.6 Å². The molecule has 0 aliphatic rings. The van der Waals surface area contributed by atoms with E-state index in [1.54, 1.807) is 6.20 Å². The number of anilines is 1. The molecule has 0 aromatic carbocycles. The predicted molar refractivity (Wildman–Crippen MR) is 51.2 cm³/mol. The lowest BCUT2D eigenvalue weighted by Crippen LogP contribution is -1.90. The van der Waals surface area contributed by atoms with Crippen LogP contribution in [-0.4, -0.2) is 9.97 Å². The van der Waals surface area contributed by atoms with Crippen molar-refractivity contribution in [3.63, 3.8) is 0 Å². The number of rotatable bonds is 1. The molecule has 0 atom stereocenters. The Morgan fingerprint density at radius 1 is 1.58 bits per heavy atom. The predicted octanol–water partition coefficient (Wildman–Crippen LogP) is 1.84. The third-order valence-corrected chi connectivity index (χ3v) is 2.62. The molecule has 2 N–H and O–H groups in total. The second-order valence-corrected chi connectivity index (χ2v) is 3.42. The first-order chi connectivity index (χ1) is 5.81. The summed E-state index contributed by atoms with van der Waals surface area (Å²) < 4.78 is 0. The van der Waals surface area contributed by atoms with Crippen LogP contribution in [0.4, 0.5) is 5.69 Å². The zero-order valence-electron chi connectivity index (χ0n) is 6.74. The summed E-state index contributed by atoms with van der Waals surface area (Å²) in [6.45, 7) is 2.05. The van der Waals surface area contributed by atoms with E-state index in [1.165, 1.54) is 11.3 Å². The molecule has 3 nitrogen and oxygen atoms in total. The van der Waals surface area contributed by atoms with E-state index in [9.17, 15) is 0 Å². The van der Waals surface area contributed by atoms with Gasteiger partial charge < -0.3 is 5.73 Å². The Morgan fingerprint density at radius 2 is 2.42 bits per heavy atom. The molecule has 0 bridgehead atoms. The van der Waals surface area contributed by atoms with Crippen LogP contribution < -0.4 is 5.73 Å². The summed E-state index contributed by atoms with van der Waals surface area (Å²) in [4.78, 5) is 9.55. The SMILES string of the molecule is CCc1cnc2scc(N)c2n1. The van der Waals surface area contributed by atoms with Gasteiger partial charge in [-0.25, -0.2) is 9.97 Å². The second kappa shape index (κ2) is 2.71. The van der Waals surface area contributed by atoms with Crippen molar-refractivity contribution >= 4 is 27.4 Å². The normalized spacial score (nSPS) is 10.8. The van der Waals surface area contributed by atoms with Gasteiger partial charge in [0.2, 0.25) is 0 Å². The van der Waals surface area contributed by atoms with Crippen LogP contribution in [0.15, 0.2) is 11.6 Å². The fourth-order valence-electron chi connectivity index (χ4n) is 1.03. The molecule has 0 saturated carbocycles. The minimum absolute atomic E-state index is 0.734. The standard InChI is InChI=1S/C8H9N3S/c1-2-5-3-10-8-7(11-5)6(9)4-12-8/h3-4H,2,9H2,1H3. The van der Waals surface area contributed by atoms with Crippen LogP contribution in [0.2, 0.25) is 0 Å². The van der Waals surface area contributed by atoms with Gasteiger partial charge in [0.05, 0.1) is 17.6 Å². The van der Waals surface area contributed by atoms with Gasteiger partial charge in [-0.2, -0.15) is 0 Å². The lowest BCUT2D eigenvalue weighted by atomic mass is 10.3. The van der Waals surface area contributed by atoms with Crippen molar-refractivity contribution in [2.75, 3.05) is 5.73 Å². The summed E-state index contributed by atoms with van der Waals surface area (Å²) >= 11 is 1.53. The molecule has 0 aliphatic carbocycles. The molecule has 2 aromatic heterocycles. The van der Waals surface area contributed by atoms with Gasteiger partial charge in [-0.05, 0) is 6.42 Å². The van der Waals surface area contributed by atoms with Gasteiger partial charge >= 0.3 is 0 Å². The molecule has 2 aromatic rings. The van der Waals surface area contributed by atoms with Gasteiger partial charge in [0.1, 0.15) is 10.3 Å². The molecule has 4 heteroatoms. The van der Waals surface area contributed by atoms with Crippen LogP contribution >= 0.6 is 11.3 Å². The van der Waals surface area contributed by atoms with E-state index in [4.69, 9.17) is 5.73 Å². The highest BCUT2D eigenvalue weighted by Gasteiger charge is 2.03. The molecule has 0 amide bonds. The molecular formula is C8H9N3S. The summed E-state index contributed by atoms with van der Waals surface area (Å²) in [6.07, 6.45) is 2.70. The summed E-state index contributed by atoms with van der Waals surface area (Å²) in [5, 5.41) is 1.88. The number of fused-ring (bicyclic) bond motifs is 1. The Balaban J connectivity index is 2.71. The number of hydrogen-bond donors (Lipinski definition) is 1. The molecule has 2 rings (SSSR count). The number of thiophene rings is 1. The van der Waals surface area contributed by atoms with E-state index >= 15 is 0 Å². The fourth-order valence-corrected chi connectivity index (χ4v) is 1.77. The Hall–Kier alpha value is -1.16. The van der Waals surface area contributed by atoms with Crippen LogP contribution in [0, 0.1) is 0 Å². The third kappa shape index (κ3) is 1.04. The van der Waals surface area contributed by atoms with Crippen molar-refractivity contribution in [2.24, 2.45) is 0 Å². The maximum Gasteiger partial charge on any atom is 0.144 e. The first kappa shape index (κ1) is 7.49. The fraction of sp³-hybridized carbons (Fsp3) is 0.250. The quantitative estimate of drug-likeness (QED) is 0.726. The maximum absolute atomic E-state index is 5.71.